The highest BCUT2D eigenvalue weighted by Crippen LogP contribution is 2.44. The minimum absolute atomic E-state index is 0.115. The number of hydrogen-bond donors (Lipinski definition) is 3. The largest absolute Gasteiger partial charge is 0.350 e. The first-order valence-electron chi connectivity index (χ1n) is 34.0. The highest BCUT2D eigenvalue weighted by atomic mass is 32.1. The molecule has 0 fully saturated rings. The number of thiophene rings is 2. The molecule has 472 valence electrons. The molecule has 0 saturated carbocycles. The first kappa shape index (κ1) is 57.9. The number of fused-ring (bicyclic) bond motifs is 12. The van der Waals surface area contributed by atoms with E-state index >= 15 is 0 Å². The summed E-state index contributed by atoms with van der Waals surface area (Å²) < 4.78 is 9.75. The summed E-state index contributed by atoms with van der Waals surface area (Å²) in [5.74, 6) is 2.34. The van der Waals surface area contributed by atoms with E-state index in [0.717, 1.165) is 78.6 Å². The first-order chi connectivity index (χ1) is 49.5. The van der Waals surface area contributed by atoms with Crippen molar-refractivity contribution in [1.82, 2.24) is 25.1 Å². The molecule has 3 atom stereocenters. The van der Waals surface area contributed by atoms with Gasteiger partial charge in [-0.2, -0.15) is 0 Å². The molecule has 6 heterocycles. The predicted molar refractivity (Wildman–Crippen MR) is 420 cm³/mol. The average Bonchev–Trinajstić information content (AvgIpc) is 1.58. The Morgan fingerprint density at radius 2 is 0.700 bits per heavy atom. The Hall–Kier alpha value is -12.3. The van der Waals surface area contributed by atoms with Crippen LogP contribution in [0, 0.1) is 0 Å². The molecule has 0 radical (unpaired) electrons. The van der Waals surface area contributed by atoms with Crippen molar-refractivity contribution in [1.29, 1.82) is 0 Å². The maximum Gasteiger partial charge on any atom is 0.159 e. The Morgan fingerprint density at radius 1 is 0.260 bits per heavy atom. The highest BCUT2D eigenvalue weighted by molar-refractivity contribution is 7.26. The molecule has 8 nitrogen and oxygen atoms in total. The second-order valence-corrected chi connectivity index (χ2v) is 28.2. The second-order valence-electron chi connectivity index (χ2n) is 26.0. The smallest absolute Gasteiger partial charge is 0.159 e. The minimum Gasteiger partial charge on any atom is -0.350 e. The summed E-state index contributed by atoms with van der Waals surface area (Å²) in [6.45, 7) is 0. The number of aromatic nitrogens is 2. The van der Waals surface area contributed by atoms with E-state index in [1.165, 1.54) is 95.2 Å². The molecular weight excluding hydrogens is 1260 g/mol. The van der Waals surface area contributed by atoms with Gasteiger partial charge in [0.15, 0.2) is 5.84 Å². The molecule has 2 aliphatic rings. The van der Waals surface area contributed by atoms with Crippen molar-refractivity contribution < 1.29 is 0 Å². The van der Waals surface area contributed by atoms with Gasteiger partial charge in [-0.15, -0.1) is 22.7 Å². The van der Waals surface area contributed by atoms with Gasteiger partial charge in [-0.3, -0.25) is 5.32 Å². The van der Waals surface area contributed by atoms with Crippen LogP contribution in [-0.2, 0) is 0 Å². The number of rotatable bonds is 11. The SMILES string of the molecule is c1ccc(C2=NC(c3cccc(-c4ccc5c(c4)c4ccc(-c6ccccc6)cc4n5-c4ccc5c(c4)sc4cc(C6=NC(c7ccccc7)NC(c7ccccc7)N6)ccc45)c3)NC(c3ccc4c(c3)sc3cc(-n5c6ccccc6c6cc(-c7ccccc7)ccc65)ccc34)=N2)cc1. The minimum atomic E-state index is -0.412. The molecule has 0 saturated heterocycles. The molecule has 10 heteroatoms. The van der Waals surface area contributed by atoms with Crippen molar-refractivity contribution in [3.05, 3.63) is 361 Å². The third-order valence-electron chi connectivity index (χ3n) is 20.1. The Bertz CT molecular complexity index is 6390. The van der Waals surface area contributed by atoms with Crippen molar-refractivity contribution in [2.75, 3.05) is 0 Å². The van der Waals surface area contributed by atoms with Gasteiger partial charge in [-0.25, -0.2) is 15.0 Å². The molecule has 20 rings (SSSR count). The van der Waals surface area contributed by atoms with Gasteiger partial charge in [0.05, 0.1) is 22.1 Å². The van der Waals surface area contributed by atoms with E-state index in [1.807, 2.05) is 28.7 Å². The van der Waals surface area contributed by atoms with Crippen LogP contribution in [0.2, 0.25) is 0 Å². The van der Waals surface area contributed by atoms with Gasteiger partial charge in [0, 0.05) is 90.0 Å². The van der Waals surface area contributed by atoms with Crippen LogP contribution in [-0.4, -0.2) is 26.6 Å². The highest BCUT2D eigenvalue weighted by Gasteiger charge is 2.28. The lowest BCUT2D eigenvalue weighted by atomic mass is 9.99. The van der Waals surface area contributed by atoms with E-state index in [9.17, 15) is 0 Å². The standard InChI is InChI=1S/C90H60N8S2/c1-6-19-55(20-7-1)61-36-45-78-75(48-61)69-31-16-17-32-77(69)97(78)67-38-43-73-71-42-35-66(52-82(71)99-83(73)53-67)90-95-87(59-27-14-5-15-28-59)92-88(96-90)64-30-18-29-60(47-64)62-37-46-79-76(49-62)70-40-33-63(56-21-8-2-9-22-56)50-80(70)98(79)68-39-44-74-72-41-34-65(51-81(72)100-84(74)54-68)89-93-85(57-23-10-3-11-24-57)91-86(94-89)58-25-12-4-13-26-58/h1-54,85-86,88,91H,(H,93,94)(H,92,95,96). The molecule has 2 aliphatic heterocycles. The van der Waals surface area contributed by atoms with Crippen molar-refractivity contribution >= 4 is 124 Å². The molecule has 14 aromatic carbocycles. The van der Waals surface area contributed by atoms with Gasteiger partial charge in [-0.1, -0.05) is 249 Å². The molecule has 4 aromatic heterocycles. The van der Waals surface area contributed by atoms with Crippen LogP contribution in [0.1, 0.15) is 51.9 Å². The zero-order valence-corrected chi connectivity index (χ0v) is 55.6. The van der Waals surface area contributed by atoms with E-state index in [0.29, 0.717) is 5.84 Å². The molecule has 3 unspecified atom stereocenters. The van der Waals surface area contributed by atoms with E-state index in [1.54, 1.807) is 0 Å². The van der Waals surface area contributed by atoms with Crippen molar-refractivity contribution in [3.63, 3.8) is 0 Å². The fraction of sp³-hybridized carbons (Fsp3) is 0.0333. The van der Waals surface area contributed by atoms with E-state index in [2.05, 4.69) is 347 Å². The second kappa shape index (κ2) is 23.8. The van der Waals surface area contributed by atoms with Crippen LogP contribution < -0.4 is 16.0 Å². The molecule has 0 amide bonds. The lowest BCUT2D eigenvalue weighted by Crippen LogP contribution is -2.44. The number of para-hydroxylation sites is 1. The number of nitrogens with one attached hydrogen (secondary N) is 3. The summed E-state index contributed by atoms with van der Waals surface area (Å²) in [6, 6.07) is 119. The van der Waals surface area contributed by atoms with Crippen LogP contribution in [0.3, 0.4) is 0 Å². The van der Waals surface area contributed by atoms with Crippen LogP contribution in [0.4, 0.5) is 0 Å². The molecule has 3 N–H and O–H groups in total. The lowest BCUT2D eigenvalue weighted by molar-refractivity contribution is 0.409. The summed E-state index contributed by atoms with van der Waals surface area (Å²) in [5, 5.41) is 21.1. The molecule has 18 aromatic rings. The fourth-order valence-corrected chi connectivity index (χ4v) is 17.5. The summed E-state index contributed by atoms with van der Waals surface area (Å²) in [5.41, 5.74) is 20.3. The van der Waals surface area contributed by atoms with Gasteiger partial charge in [0.1, 0.15) is 30.2 Å². The van der Waals surface area contributed by atoms with Gasteiger partial charge in [0.25, 0.3) is 0 Å². The van der Waals surface area contributed by atoms with Gasteiger partial charge >= 0.3 is 0 Å². The van der Waals surface area contributed by atoms with E-state index in [4.69, 9.17) is 15.0 Å². The van der Waals surface area contributed by atoms with Crippen molar-refractivity contribution in [3.8, 4) is 44.8 Å². The van der Waals surface area contributed by atoms with Crippen LogP contribution in [0.25, 0.3) is 129 Å². The Morgan fingerprint density at radius 3 is 1.33 bits per heavy atom. The zero-order chi connectivity index (χ0) is 65.8. The van der Waals surface area contributed by atoms with Gasteiger partial charge < -0.3 is 19.8 Å². The van der Waals surface area contributed by atoms with Crippen molar-refractivity contribution in [2.45, 2.75) is 18.5 Å². The van der Waals surface area contributed by atoms with Crippen LogP contribution >= 0.6 is 22.7 Å². The Labute approximate surface area is 584 Å². The third-order valence-corrected chi connectivity index (χ3v) is 22.3. The number of amidine groups is 3. The number of aliphatic imine (C=N–C) groups is 3. The van der Waals surface area contributed by atoms with Gasteiger partial charge in [-0.05, 0) is 129 Å². The molecule has 0 aliphatic carbocycles. The Kier molecular flexibility index (Phi) is 13.8. The molecule has 0 bridgehead atoms. The summed E-state index contributed by atoms with van der Waals surface area (Å²) in [7, 11) is 0. The summed E-state index contributed by atoms with van der Waals surface area (Å²) in [6.07, 6.45) is -0.736. The lowest BCUT2D eigenvalue weighted by Gasteiger charge is -2.32. The summed E-state index contributed by atoms with van der Waals surface area (Å²) >= 11 is 3.66. The maximum atomic E-state index is 5.38. The predicted octanol–water partition coefficient (Wildman–Crippen LogP) is 22.5. The average molecular weight is 1320 g/mol. The third kappa shape index (κ3) is 10.0. The number of benzene rings is 14. The van der Waals surface area contributed by atoms with Crippen molar-refractivity contribution in [2.24, 2.45) is 15.0 Å². The maximum absolute atomic E-state index is 5.38. The number of hydrogen-bond acceptors (Lipinski definition) is 8. The fourth-order valence-electron chi connectivity index (χ4n) is 15.2. The zero-order valence-electron chi connectivity index (χ0n) is 54.0. The normalized spacial score (nSPS) is 15.6. The van der Waals surface area contributed by atoms with Crippen LogP contribution in [0.15, 0.2) is 343 Å². The molecule has 100 heavy (non-hydrogen) atoms. The van der Waals surface area contributed by atoms with E-state index in [-0.39, 0.29) is 12.3 Å². The monoisotopic (exact) mass is 1320 g/mol. The first-order valence-corrected chi connectivity index (χ1v) is 35.6. The van der Waals surface area contributed by atoms with E-state index < -0.39 is 6.17 Å². The van der Waals surface area contributed by atoms with Gasteiger partial charge in [0.2, 0.25) is 0 Å². The topological polar surface area (TPSA) is 83.0 Å². The van der Waals surface area contributed by atoms with Crippen LogP contribution in [0.5, 0.6) is 0 Å². The molecule has 0 spiro atoms. The summed E-state index contributed by atoms with van der Waals surface area (Å²) in [4.78, 5) is 16.0. The Balaban J connectivity index is 0.638. The molecular formula is C90H60N8S2. The number of nitrogens with zero attached hydrogens (tertiary/aromatic N) is 5. The quantitative estimate of drug-likeness (QED) is 0.121.